The molecule has 0 amide bonds. The first-order valence-electron chi connectivity index (χ1n) is 6.87. The number of rotatable bonds is 1. The lowest BCUT2D eigenvalue weighted by Crippen LogP contribution is -2.59. The van der Waals surface area contributed by atoms with Gasteiger partial charge in [0, 0.05) is 11.8 Å². The number of ether oxygens (including phenoxy) is 1. The molecule has 3 atom stereocenters. The van der Waals surface area contributed by atoms with Gasteiger partial charge in [-0.2, -0.15) is 0 Å². The largest absolute Gasteiger partial charge is 0.392 e. The number of carbonyl (C=O) groups excluding carboxylic acids is 1. The number of fused-ring (bicyclic) bond motifs is 1. The van der Waals surface area contributed by atoms with Crippen LogP contribution >= 0.6 is 0 Å². The van der Waals surface area contributed by atoms with E-state index in [0.717, 1.165) is 24.8 Å². The molecule has 0 aromatic heterocycles. The molecule has 1 spiro atoms. The highest BCUT2D eigenvalue weighted by molar-refractivity contribution is 5.90. The topological polar surface area (TPSA) is 46.5 Å². The van der Waals surface area contributed by atoms with E-state index in [1.807, 2.05) is 6.92 Å². The van der Waals surface area contributed by atoms with E-state index < -0.39 is 5.60 Å². The normalized spacial score (nSPS) is 45.7. The summed E-state index contributed by atoms with van der Waals surface area (Å²) in [5, 5.41) is 9.39. The van der Waals surface area contributed by atoms with Crippen LogP contribution in [-0.4, -0.2) is 29.2 Å². The van der Waals surface area contributed by atoms with E-state index in [2.05, 4.69) is 19.9 Å². The van der Waals surface area contributed by atoms with Crippen LogP contribution in [0.1, 0.15) is 46.5 Å². The zero-order valence-electron chi connectivity index (χ0n) is 11.5. The predicted octanol–water partition coefficient (Wildman–Crippen LogP) is 2.23. The monoisotopic (exact) mass is 250 g/mol. The van der Waals surface area contributed by atoms with Crippen LogP contribution in [0.3, 0.4) is 0 Å². The minimum atomic E-state index is -0.660. The maximum Gasteiger partial charge on any atom is 0.165 e. The van der Waals surface area contributed by atoms with Gasteiger partial charge in [-0.3, -0.25) is 4.79 Å². The highest BCUT2D eigenvalue weighted by Crippen LogP contribution is 2.66. The van der Waals surface area contributed by atoms with Gasteiger partial charge in [0.15, 0.2) is 5.78 Å². The van der Waals surface area contributed by atoms with Gasteiger partial charge < -0.3 is 9.84 Å². The Morgan fingerprint density at radius 3 is 2.83 bits per heavy atom. The van der Waals surface area contributed by atoms with Gasteiger partial charge in [0.05, 0.1) is 12.7 Å². The summed E-state index contributed by atoms with van der Waals surface area (Å²) in [6.07, 6.45) is 5.35. The number of carbonyl (C=O) groups is 1. The molecule has 3 nitrogen and oxygen atoms in total. The van der Waals surface area contributed by atoms with Crippen LogP contribution in [0.4, 0.5) is 0 Å². The van der Waals surface area contributed by atoms with E-state index in [0.29, 0.717) is 6.42 Å². The van der Waals surface area contributed by atoms with Gasteiger partial charge in [-0.25, -0.2) is 0 Å². The first-order valence-corrected chi connectivity index (χ1v) is 6.87. The van der Waals surface area contributed by atoms with Crippen LogP contribution in [0.2, 0.25) is 0 Å². The van der Waals surface area contributed by atoms with Gasteiger partial charge in [0.2, 0.25) is 0 Å². The number of aliphatic hydroxyl groups is 1. The Balaban J connectivity index is 2.12. The van der Waals surface area contributed by atoms with Crippen molar-refractivity contribution in [1.82, 2.24) is 0 Å². The molecule has 3 aliphatic rings. The summed E-state index contributed by atoms with van der Waals surface area (Å²) >= 11 is 0. The second kappa shape index (κ2) is 3.45. The number of aliphatic hydroxyl groups excluding tert-OH is 1. The lowest BCUT2D eigenvalue weighted by Gasteiger charge is -2.55. The fourth-order valence-corrected chi connectivity index (χ4v) is 4.47. The van der Waals surface area contributed by atoms with Gasteiger partial charge in [-0.05, 0) is 37.2 Å². The van der Waals surface area contributed by atoms with Crippen molar-refractivity contribution in [2.45, 2.75) is 58.2 Å². The minimum absolute atomic E-state index is 0.0471. The summed E-state index contributed by atoms with van der Waals surface area (Å²) in [6.45, 7) is 6.55. The van der Waals surface area contributed by atoms with E-state index in [4.69, 9.17) is 4.74 Å². The van der Waals surface area contributed by atoms with Gasteiger partial charge >= 0.3 is 0 Å². The van der Waals surface area contributed by atoms with Crippen molar-refractivity contribution >= 4 is 5.78 Å². The Bertz CT molecular complexity index is 437. The number of hydrogen-bond acceptors (Lipinski definition) is 3. The second-order valence-electron chi connectivity index (χ2n) is 6.87. The zero-order chi connectivity index (χ0) is 13.2. The zero-order valence-corrected chi connectivity index (χ0v) is 11.5. The maximum atomic E-state index is 12.4. The number of hydrogen-bond donors (Lipinski definition) is 1. The van der Waals surface area contributed by atoms with Crippen LogP contribution in [0, 0.1) is 10.8 Å². The van der Waals surface area contributed by atoms with Crippen molar-refractivity contribution in [2.24, 2.45) is 10.8 Å². The minimum Gasteiger partial charge on any atom is -0.392 e. The molecule has 2 bridgehead atoms. The summed E-state index contributed by atoms with van der Waals surface area (Å²) in [5.41, 5.74) is 0.327. The summed E-state index contributed by atoms with van der Waals surface area (Å²) < 4.78 is 6.14. The molecule has 2 fully saturated rings. The Hall–Kier alpha value is -0.670. The molecule has 3 heteroatoms. The molecule has 1 aliphatic heterocycles. The molecular formula is C15H22O3. The van der Waals surface area contributed by atoms with Crippen molar-refractivity contribution in [3.8, 4) is 0 Å². The lowest BCUT2D eigenvalue weighted by molar-refractivity contribution is -0.169. The lowest BCUT2D eigenvalue weighted by atomic mass is 9.48. The van der Waals surface area contributed by atoms with Gasteiger partial charge in [-0.15, -0.1) is 0 Å². The van der Waals surface area contributed by atoms with Crippen molar-refractivity contribution in [1.29, 1.82) is 0 Å². The SMILES string of the molecule is CC1(C)CCC(=O)C2(C)OC3CC12CC=C3CO. The quantitative estimate of drug-likeness (QED) is 0.726. The van der Waals surface area contributed by atoms with E-state index in [9.17, 15) is 9.90 Å². The number of Topliss-reactive ketones (excluding diaryl/α,β-unsaturated/α-hetero) is 1. The van der Waals surface area contributed by atoms with E-state index in [-0.39, 0.29) is 29.3 Å². The second-order valence-corrected chi connectivity index (χ2v) is 6.87. The molecule has 100 valence electrons. The molecule has 18 heavy (non-hydrogen) atoms. The maximum absolute atomic E-state index is 12.4. The average molecular weight is 250 g/mol. The highest BCUT2D eigenvalue weighted by Gasteiger charge is 2.69. The van der Waals surface area contributed by atoms with E-state index in [1.54, 1.807) is 0 Å². The summed E-state index contributed by atoms with van der Waals surface area (Å²) in [7, 11) is 0. The molecule has 0 aromatic rings. The summed E-state index contributed by atoms with van der Waals surface area (Å²) in [6, 6.07) is 0. The van der Waals surface area contributed by atoms with Gasteiger partial charge in [0.1, 0.15) is 5.60 Å². The first-order chi connectivity index (χ1) is 8.36. The molecule has 1 heterocycles. The molecular weight excluding hydrogens is 228 g/mol. The van der Waals surface area contributed by atoms with Crippen LogP contribution in [-0.2, 0) is 9.53 Å². The predicted molar refractivity (Wildman–Crippen MR) is 68.1 cm³/mol. The highest BCUT2D eigenvalue weighted by atomic mass is 16.5. The van der Waals surface area contributed by atoms with Crippen molar-refractivity contribution in [3.63, 3.8) is 0 Å². The third kappa shape index (κ3) is 1.19. The molecule has 1 saturated carbocycles. The van der Waals surface area contributed by atoms with Gasteiger partial charge in [-0.1, -0.05) is 19.9 Å². The van der Waals surface area contributed by atoms with Crippen LogP contribution in [0.5, 0.6) is 0 Å². The summed E-state index contributed by atoms with van der Waals surface area (Å²) in [5.74, 6) is 0.247. The Morgan fingerprint density at radius 1 is 1.44 bits per heavy atom. The number of ketones is 1. The molecule has 1 N–H and O–H groups in total. The van der Waals surface area contributed by atoms with E-state index >= 15 is 0 Å². The molecule has 0 radical (unpaired) electrons. The van der Waals surface area contributed by atoms with Crippen molar-refractivity contribution in [2.75, 3.05) is 6.61 Å². The Morgan fingerprint density at radius 2 is 2.17 bits per heavy atom. The van der Waals surface area contributed by atoms with Crippen molar-refractivity contribution in [3.05, 3.63) is 11.6 Å². The third-order valence-electron chi connectivity index (χ3n) is 5.94. The molecule has 1 saturated heterocycles. The number of allylic oxidation sites excluding steroid dienone is 1. The van der Waals surface area contributed by atoms with Gasteiger partial charge in [0.25, 0.3) is 0 Å². The standard InChI is InChI=1S/C15H22O3/c1-13(2)6-5-12(17)14(3)15(13)7-4-10(9-16)11(8-15)18-14/h4,11,16H,5-9H2,1-3H3. The van der Waals surface area contributed by atoms with Crippen LogP contribution in [0.15, 0.2) is 11.6 Å². The average Bonchev–Trinajstić information content (AvgIpc) is 2.58. The van der Waals surface area contributed by atoms with Crippen molar-refractivity contribution < 1.29 is 14.6 Å². The van der Waals surface area contributed by atoms with E-state index in [1.165, 1.54) is 0 Å². The fourth-order valence-electron chi connectivity index (χ4n) is 4.47. The Kier molecular flexibility index (Phi) is 2.37. The smallest absolute Gasteiger partial charge is 0.165 e. The molecule has 2 aliphatic carbocycles. The Labute approximate surface area is 108 Å². The van der Waals surface area contributed by atoms with Crippen LogP contribution < -0.4 is 0 Å². The van der Waals surface area contributed by atoms with Crippen LogP contribution in [0.25, 0.3) is 0 Å². The third-order valence-corrected chi connectivity index (χ3v) is 5.94. The molecule has 0 aromatic carbocycles. The first kappa shape index (κ1) is 12.4. The summed E-state index contributed by atoms with van der Waals surface area (Å²) in [4.78, 5) is 12.4. The fraction of sp³-hybridized carbons (Fsp3) is 0.800. The molecule has 3 unspecified atom stereocenters. The molecule has 3 rings (SSSR count).